The fraction of sp³-hybridized carbons (Fsp3) is 0.100. The Bertz CT molecular complexity index is 493. The standard InChI is InChI=1S/C10H4BrCl3NO/c11-5-1-2-8-6(3-5)7(4-15-8)9(16)10(12,13)14/h1-4H. The van der Waals surface area contributed by atoms with Crippen molar-refractivity contribution in [3.63, 3.8) is 0 Å². The normalized spacial score (nSPS) is 14.1. The maximum absolute atomic E-state index is 11.8. The predicted octanol–water partition coefficient (Wildman–Crippen LogP) is 3.98. The Balaban J connectivity index is 2.43. The van der Waals surface area contributed by atoms with Gasteiger partial charge in [0, 0.05) is 21.8 Å². The van der Waals surface area contributed by atoms with Gasteiger partial charge in [0.15, 0.2) is 0 Å². The molecule has 83 valence electrons. The third-order valence-electron chi connectivity index (χ3n) is 2.08. The molecule has 0 spiro atoms. The van der Waals surface area contributed by atoms with Crippen molar-refractivity contribution in [2.75, 3.05) is 0 Å². The molecule has 0 N–H and O–H groups in total. The number of halogens is 4. The van der Waals surface area contributed by atoms with Gasteiger partial charge in [0.25, 0.3) is 3.79 Å². The lowest BCUT2D eigenvalue weighted by Crippen LogP contribution is -2.19. The van der Waals surface area contributed by atoms with Crippen molar-refractivity contribution in [1.29, 1.82) is 0 Å². The van der Waals surface area contributed by atoms with Gasteiger partial charge in [-0.05, 0) is 18.2 Å². The molecule has 0 amide bonds. The number of carbonyl (C=O) groups excluding carboxylic acids is 1. The summed E-state index contributed by atoms with van der Waals surface area (Å²) in [7, 11) is 0. The Hall–Kier alpha value is -0.220. The second-order valence-electron chi connectivity index (χ2n) is 3.16. The van der Waals surface area contributed by atoms with E-state index in [2.05, 4.69) is 21.2 Å². The number of hydrogen-bond donors (Lipinski definition) is 0. The zero-order valence-corrected chi connectivity index (χ0v) is 11.5. The monoisotopic (exact) mass is 338 g/mol. The van der Waals surface area contributed by atoms with Crippen LogP contribution >= 0.6 is 50.7 Å². The molecule has 0 bridgehead atoms. The molecule has 1 aromatic carbocycles. The summed E-state index contributed by atoms with van der Waals surface area (Å²) in [5.41, 5.74) is 1.68. The van der Waals surface area contributed by atoms with Crippen LogP contribution in [0.2, 0.25) is 0 Å². The largest absolute Gasteiger partial charge is 0.289 e. The van der Waals surface area contributed by atoms with Gasteiger partial charge in [0.1, 0.15) is 0 Å². The lowest BCUT2D eigenvalue weighted by molar-refractivity contribution is -0.112. The molecular formula is C10H4BrCl3NO. The number of fused-ring (bicyclic) bond motifs is 1. The van der Waals surface area contributed by atoms with Gasteiger partial charge in [-0.3, -0.25) is 10.1 Å². The quantitative estimate of drug-likeness (QED) is 0.712. The molecule has 1 aromatic rings. The highest BCUT2D eigenvalue weighted by molar-refractivity contribution is 9.10. The number of carbonyl (C=O) groups is 1. The minimum absolute atomic E-state index is 0.316. The van der Waals surface area contributed by atoms with Gasteiger partial charge < -0.3 is 0 Å². The highest BCUT2D eigenvalue weighted by Gasteiger charge is 2.36. The van der Waals surface area contributed by atoms with Crippen molar-refractivity contribution in [3.05, 3.63) is 34.4 Å². The van der Waals surface area contributed by atoms with Gasteiger partial charge in [-0.25, -0.2) is 0 Å². The Morgan fingerprint density at radius 1 is 1.31 bits per heavy atom. The molecule has 1 aliphatic heterocycles. The average molecular weight is 340 g/mol. The molecule has 0 unspecified atom stereocenters. The number of nitrogens with zero attached hydrogens (tertiary/aromatic N) is 1. The van der Waals surface area contributed by atoms with Gasteiger partial charge in [-0.1, -0.05) is 50.7 Å². The first-order chi connectivity index (χ1) is 7.39. The van der Waals surface area contributed by atoms with E-state index in [1.165, 1.54) is 6.20 Å². The van der Waals surface area contributed by atoms with Gasteiger partial charge in [-0.15, -0.1) is 0 Å². The molecule has 0 fully saturated rings. The smallest absolute Gasteiger partial charge is 0.253 e. The summed E-state index contributed by atoms with van der Waals surface area (Å²) in [4.78, 5) is 11.8. The van der Waals surface area contributed by atoms with E-state index in [9.17, 15) is 4.79 Å². The molecule has 2 nitrogen and oxygen atoms in total. The summed E-state index contributed by atoms with van der Waals surface area (Å²) in [6.07, 6.45) is 1.42. The molecule has 1 heterocycles. The van der Waals surface area contributed by atoms with Crippen molar-refractivity contribution < 1.29 is 4.79 Å². The fourth-order valence-corrected chi connectivity index (χ4v) is 2.04. The van der Waals surface area contributed by atoms with Crippen LogP contribution in [-0.4, -0.2) is 9.58 Å². The van der Waals surface area contributed by atoms with E-state index in [4.69, 9.17) is 34.8 Å². The van der Waals surface area contributed by atoms with Crippen molar-refractivity contribution in [3.8, 4) is 0 Å². The van der Waals surface area contributed by atoms with Gasteiger partial charge in [0.2, 0.25) is 5.78 Å². The average Bonchev–Trinajstić information content (AvgIpc) is 2.57. The molecule has 0 saturated carbocycles. The summed E-state index contributed by atoms with van der Waals surface area (Å²) in [5.74, 6) is -0.571. The molecule has 1 aliphatic rings. The highest BCUT2D eigenvalue weighted by atomic mass is 79.9. The topological polar surface area (TPSA) is 31.2 Å². The van der Waals surface area contributed by atoms with Crippen LogP contribution in [0.1, 0.15) is 5.56 Å². The van der Waals surface area contributed by atoms with Crippen molar-refractivity contribution in [1.82, 2.24) is 5.32 Å². The summed E-state index contributed by atoms with van der Waals surface area (Å²) in [6.45, 7) is 0. The summed E-state index contributed by atoms with van der Waals surface area (Å²) >= 11 is 20.0. The summed E-state index contributed by atoms with van der Waals surface area (Å²) in [5, 5.41) is 4.08. The Kier molecular flexibility index (Phi) is 3.23. The molecule has 0 aromatic heterocycles. The molecule has 16 heavy (non-hydrogen) atoms. The zero-order chi connectivity index (χ0) is 11.9. The first kappa shape index (κ1) is 12.2. The molecule has 0 aliphatic carbocycles. The van der Waals surface area contributed by atoms with Gasteiger partial charge >= 0.3 is 0 Å². The number of allylic oxidation sites excluding steroid dienone is 1. The second kappa shape index (κ2) is 4.22. The van der Waals surface area contributed by atoms with E-state index < -0.39 is 9.58 Å². The Labute approximate surface area is 116 Å². The molecule has 0 atom stereocenters. The third-order valence-corrected chi connectivity index (χ3v) is 3.09. The van der Waals surface area contributed by atoms with E-state index in [0.717, 1.165) is 4.47 Å². The van der Waals surface area contributed by atoms with Crippen LogP contribution in [0, 0.1) is 0 Å². The van der Waals surface area contributed by atoms with Crippen LogP contribution < -0.4 is 5.32 Å². The van der Waals surface area contributed by atoms with Crippen LogP contribution in [-0.2, 0) is 4.79 Å². The van der Waals surface area contributed by atoms with Crippen molar-refractivity contribution >= 4 is 67.8 Å². The lowest BCUT2D eigenvalue weighted by atomic mass is 10.0. The maximum atomic E-state index is 11.8. The fourth-order valence-electron chi connectivity index (χ4n) is 1.37. The maximum Gasteiger partial charge on any atom is 0.253 e. The van der Waals surface area contributed by atoms with E-state index in [1.807, 2.05) is 6.07 Å². The van der Waals surface area contributed by atoms with E-state index in [0.29, 0.717) is 16.8 Å². The SMILES string of the molecule is O=C(C1=C[N]c2ccc(Br)cc21)C(Cl)(Cl)Cl. The van der Waals surface area contributed by atoms with Crippen molar-refractivity contribution in [2.45, 2.75) is 3.79 Å². The van der Waals surface area contributed by atoms with Crippen LogP contribution in [0.5, 0.6) is 0 Å². The van der Waals surface area contributed by atoms with Crippen LogP contribution in [0.25, 0.3) is 5.57 Å². The Morgan fingerprint density at radius 2 is 2.00 bits per heavy atom. The predicted molar refractivity (Wildman–Crippen MR) is 69.2 cm³/mol. The molecular weight excluding hydrogens is 336 g/mol. The van der Waals surface area contributed by atoms with Crippen LogP contribution in [0.3, 0.4) is 0 Å². The number of hydrogen-bond acceptors (Lipinski definition) is 1. The third kappa shape index (κ3) is 2.23. The van der Waals surface area contributed by atoms with Crippen molar-refractivity contribution in [2.24, 2.45) is 0 Å². The van der Waals surface area contributed by atoms with Gasteiger partial charge in [0.05, 0.1) is 5.69 Å². The number of benzene rings is 1. The summed E-state index contributed by atoms with van der Waals surface area (Å²) in [6, 6.07) is 5.39. The van der Waals surface area contributed by atoms with Gasteiger partial charge in [-0.2, -0.15) is 0 Å². The molecule has 1 radical (unpaired) electrons. The molecule has 2 rings (SSSR count). The Morgan fingerprint density at radius 3 is 2.62 bits per heavy atom. The molecule has 6 heteroatoms. The van der Waals surface area contributed by atoms with E-state index >= 15 is 0 Å². The highest BCUT2D eigenvalue weighted by Crippen LogP contribution is 2.39. The minimum atomic E-state index is -1.95. The van der Waals surface area contributed by atoms with Crippen LogP contribution in [0.15, 0.2) is 28.9 Å². The summed E-state index contributed by atoms with van der Waals surface area (Å²) < 4.78 is -1.11. The molecule has 0 saturated heterocycles. The van der Waals surface area contributed by atoms with E-state index in [-0.39, 0.29) is 0 Å². The first-order valence-corrected chi connectivity index (χ1v) is 6.15. The first-order valence-electron chi connectivity index (χ1n) is 4.22. The number of Topliss-reactive ketones (excluding diaryl/α,β-unsaturated/α-hetero) is 1. The van der Waals surface area contributed by atoms with E-state index in [1.54, 1.807) is 12.1 Å². The number of alkyl halides is 3. The minimum Gasteiger partial charge on any atom is -0.289 e. The number of ketones is 1. The number of rotatable bonds is 1. The zero-order valence-electron chi connectivity index (χ0n) is 7.68. The second-order valence-corrected chi connectivity index (χ2v) is 6.36. The lowest BCUT2D eigenvalue weighted by Gasteiger charge is -2.10. The van der Waals surface area contributed by atoms with Crippen LogP contribution in [0.4, 0.5) is 5.69 Å².